The van der Waals surface area contributed by atoms with Crippen molar-refractivity contribution < 1.29 is 0 Å². The largest absolute Gasteiger partial charge is 0.348 e. The average molecular weight is 317 g/mol. The van der Waals surface area contributed by atoms with Gasteiger partial charge in [0, 0.05) is 37.4 Å². The van der Waals surface area contributed by atoms with Crippen LogP contribution in [0.3, 0.4) is 0 Å². The summed E-state index contributed by atoms with van der Waals surface area (Å²) in [6, 6.07) is 0. The summed E-state index contributed by atoms with van der Waals surface area (Å²) in [5, 5.41) is 12.3. The number of thiazole rings is 1. The third kappa shape index (κ3) is 2.64. The lowest BCUT2D eigenvalue weighted by molar-refractivity contribution is 0.459. The van der Waals surface area contributed by atoms with Crippen molar-refractivity contribution in [1.29, 1.82) is 0 Å². The van der Waals surface area contributed by atoms with E-state index in [1.54, 1.807) is 11.3 Å². The number of hydrogen-bond acceptors (Lipinski definition) is 5. The number of anilines is 1. The number of piperidine rings is 1. The van der Waals surface area contributed by atoms with Crippen molar-refractivity contribution in [2.24, 2.45) is 0 Å². The second-order valence-electron chi connectivity index (χ2n) is 6.47. The van der Waals surface area contributed by atoms with Gasteiger partial charge in [-0.1, -0.05) is 6.42 Å². The van der Waals surface area contributed by atoms with Gasteiger partial charge in [0.25, 0.3) is 0 Å². The van der Waals surface area contributed by atoms with E-state index in [9.17, 15) is 0 Å². The lowest BCUT2D eigenvalue weighted by atomic mass is 9.96. The minimum absolute atomic E-state index is 0.566. The molecule has 118 valence electrons. The molecule has 0 spiro atoms. The first-order valence-electron chi connectivity index (χ1n) is 8.40. The molecule has 0 saturated carbocycles. The third-order valence-corrected chi connectivity index (χ3v) is 5.89. The summed E-state index contributed by atoms with van der Waals surface area (Å²) >= 11 is 1.76. The van der Waals surface area contributed by atoms with E-state index >= 15 is 0 Å². The van der Waals surface area contributed by atoms with E-state index in [0.29, 0.717) is 5.92 Å². The van der Waals surface area contributed by atoms with E-state index in [2.05, 4.69) is 37.0 Å². The van der Waals surface area contributed by atoms with Crippen LogP contribution in [0.2, 0.25) is 0 Å². The van der Waals surface area contributed by atoms with E-state index in [0.717, 1.165) is 44.6 Å². The molecule has 0 atom stereocenters. The Balaban J connectivity index is 1.46. The normalized spacial score (nSPS) is 20.0. The molecular weight excluding hydrogens is 294 g/mol. The van der Waals surface area contributed by atoms with Crippen LogP contribution in [-0.4, -0.2) is 32.8 Å². The summed E-state index contributed by atoms with van der Waals surface area (Å²) in [5.41, 5.74) is 1.13. The van der Waals surface area contributed by atoms with Crippen LogP contribution in [0.15, 0.2) is 5.38 Å². The maximum absolute atomic E-state index is 4.62. The van der Waals surface area contributed by atoms with Gasteiger partial charge >= 0.3 is 0 Å². The van der Waals surface area contributed by atoms with Crippen LogP contribution in [0.1, 0.15) is 55.4 Å². The minimum Gasteiger partial charge on any atom is -0.348 e. The highest BCUT2D eigenvalue weighted by Crippen LogP contribution is 2.32. The number of fused-ring (bicyclic) bond motifs is 1. The van der Waals surface area contributed by atoms with Crippen LogP contribution in [0.25, 0.3) is 0 Å². The lowest BCUT2D eigenvalue weighted by Crippen LogP contribution is -2.33. The first-order valence-corrected chi connectivity index (χ1v) is 9.28. The molecule has 0 radical (unpaired) electrons. The van der Waals surface area contributed by atoms with Gasteiger partial charge in [0.15, 0.2) is 5.13 Å². The van der Waals surface area contributed by atoms with Crippen molar-refractivity contribution in [2.75, 3.05) is 18.0 Å². The lowest BCUT2D eigenvalue weighted by Gasteiger charge is -2.31. The summed E-state index contributed by atoms with van der Waals surface area (Å²) in [4.78, 5) is 7.04. The van der Waals surface area contributed by atoms with Gasteiger partial charge in [0.2, 0.25) is 0 Å². The SMILES string of the molecule is Cc1csc(N2CCC(c3nnc4n3CCCCC4)CC2)n1. The molecule has 5 nitrogen and oxygen atoms in total. The number of rotatable bonds is 2. The highest BCUT2D eigenvalue weighted by molar-refractivity contribution is 7.13. The summed E-state index contributed by atoms with van der Waals surface area (Å²) < 4.78 is 2.42. The van der Waals surface area contributed by atoms with Gasteiger partial charge in [-0.2, -0.15) is 0 Å². The fourth-order valence-electron chi connectivity index (χ4n) is 3.63. The molecule has 22 heavy (non-hydrogen) atoms. The Morgan fingerprint density at radius 2 is 1.95 bits per heavy atom. The molecule has 2 aromatic heterocycles. The van der Waals surface area contributed by atoms with Gasteiger partial charge in [-0.15, -0.1) is 21.5 Å². The number of hydrogen-bond donors (Lipinski definition) is 0. The first kappa shape index (κ1) is 14.2. The monoisotopic (exact) mass is 317 g/mol. The molecule has 4 heterocycles. The van der Waals surface area contributed by atoms with E-state index in [1.807, 2.05) is 0 Å². The van der Waals surface area contributed by atoms with Crippen molar-refractivity contribution >= 4 is 16.5 Å². The Kier molecular flexibility index (Phi) is 3.86. The van der Waals surface area contributed by atoms with Crippen molar-refractivity contribution in [3.63, 3.8) is 0 Å². The van der Waals surface area contributed by atoms with E-state index in [-0.39, 0.29) is 0 Å². The Hall–Kier alpha value is -1.43. The number of aromatic nitrogens is 4. The van der Waals surface area contributed by atoms with Crippen molar-refractivity contribution in [1.82, 2.24) is 19.7 Å². The van der Waals surface area contributed by atoms with Gasteiger partial charge in [-0.3, -0.25) is 0 Å². The standard InChI is InChI=1S/C16H23N5S/c1-12-11-22-16(17-12)20-9-6-13(7-10-20)15-19-18-14-5-3-2-4-8-21(14)15/h11,13H,2-10H2,1H3. The van der Waals surface area contributed by atoms with Gasteiger partial charge in [0.1, 0.15) is 11.6 Å². The summed E-state index contributed by atoms with van der Waals surface area (Å²) in [7, 11) is 0. The predicted molar refractivity (Wildman–Crippen MR) is 88.6 cm³/mol. The average Bonchev–Trinajstić information content (AvgIpc) is 3.08. The van der Waals surface area contributed by atoms with Crippen molar-refractivity contribution in [3.8, 4) is 0 Å². The Morgan fingerprint density at radius 1 is 1.09 bits per heavy atom. The summed E-state index contributed by atoms with van der Waals surface area (Å²) in [6.45, 7) is 5.35. The molecule has 0 aliphatic carbocycles. The molecule has 2 aromatic rings. The zero-order chi connectivity index (χ0) is 14.9. The molecule has 4 rings (SSSR count). The molecule has 2 aliphatic heterocycles. The Bertz CT molecular complexity index is 639. The van der Waals surface area contributed by atoms with Crippen LogP contribution < -0.4 is 4.90 Å². The second kappa shape index (κ2) is 5.99. The van der Waals surface area contributed by atoms with Crippen molar-refractivity contribution in [2.45, 2.75) is 57.9 Å². The van der Waals surface area contributed by atoms with Gasteiger partial charge in [0.05, 0.1) is 5.69 Å². The number of nitrogens with zero attached hydrogens (tertiary/aromatic N) is 5. The van der Waals surface area contributed by atoms with Crippen LogP contribution in [0, 0.1) is 6.92 Å². The molecule has 1 fully saturated rings. The Labute approximate surface area is 135 Å². The smallest absolute Gasteiger partial charge is 0.185 e. The van der Waals surface area contributed by atoms with E-state index in [4.69, 9.17) is 0 Å². The highest BCUT2D eigenvalue weighted by Gasteiger charge is 2.27. The quantitative estimate of drug-likeness (QED) is 0.853. The highest BCUT2D eigenvalue weighted by atomic mass is 32.1. The fourth-order valence-corrected chi connectivity index (χ4v) is 4.48. The predicted octanol–water partition coefficient (Wildman–Crippen LogP) is 3.15. The van der Waals surface area contributed by atoms with Gasteiger partial charge in [-0.05, 0) is 32.6 Å². The maximum Gasteiger partial charge on any atom is 0.185 e. The molecule has 0 aromatic carbocycles. The molecular formula is C16H23N5S. The zero-order valence-corrected chi connectivity index (χ0v) is 14.0. The topological polar surface area (TPSA) is 46.8 Å². The minimum atomic E-state index is 0.566. The summed E-state index contributed by atoms with van der Waals surface area (Å²) in [6.07, 6.45) is 7.29. The van der Waals surface area contributed by atoms with Crippen molar-refractivity contribution in [3.05, 3.63) is 22.7 Å². The number of aryl methyl sites for hydroxylation is 2. The fraction of sp³-hybridized carbons (Fsp3) is 0.688. The van der Waals surface area contributed by atoms with E-state index in [1.165, 1.54) is 36.0 Å². The molecule has 0 bridgehead atoms. The van der Waals surface area contributed by atoms with Crippen LogP contribution in [-0.2, 0) is 13.0 Å². The van der Waals surface area contributed by atoms with Gasteiger partial charge in [-0.25, -0.2) is 4.98 Å². The molecule has 1 saturated heterocycles. The molecule has 0 amide bonds. The van der Waals surface area contributed by atoms with E-state index < -0.39 is 0 Å². The zero-order valence-electron chi connectivity index (χ0n) is 13.2. The Morgan fingerprint density at radius 3 is 2.73 bits per heavy atom. The first-order chi connectivity index (χ1) is 10.8. The molecule has 0 N–H and O–H groups in total. The van der Waals surface area contributed by atoms with Crippen LogP contribution >= 0.6 is 11.3 Å². The second-order valence-corrected chi connectivity index (χ2v) is 7.31. The third-order valence-electron chi connectivity index (χ3n) is 4.88. The van der Waals surface area contributed by atoms with Crippen LogP contribution in [0.5, 0.6) is 0 Å². The van der Waals surface area contributed by atoms with Crippen LogP contribution in [0.4, 0.5) is 5.13 Å². The van der Waals surface area contributed by atoms with Gasteiger partial charge < -0.3 is 9.47 Å². The molecule has 6 heteroatoms. The molecule has 2 aliphatic rings. The summed E-state index contributed by atoms with van der Waals surface area (Å²) in [5.74, 6) is 3.02. The maximum atomic E-state index is 4.62. The molecule has 0 unspecified atom stereocenters.